The Kier molecular flexibility index (Phi) is 6.01. The fourth-order valence-electron chi connectivity index (χ4n) is 2.07. The minimum atomic E-state index is 0.576. The fraction of sp³-hybridized carbons (Fsp3) is 0.412. The molecule has 22 heavy (non-hydrogen) atoms. The van der Waals surface area contributed by atoms with Crippen molar-refractivity contribution in [3.05, 3.63) is 52.9 Å². The molecule has 0 aliphatic carbocycles. The third kappa shape index (κ3) is 4.62. The van der Waals surface area contributed by atoms with Gasteiger partial charge < -0.3 is 15.2 Å². The molecule has 118 valence electrons. The van der Waals surface area contributed by atoms with Gasteiger partial charge in [-0.15, -0.1) is 0 Å². The largest absolute Gasteiger partial charge is 0.359 e. The first-order chi connectivity index (χ1) is 10.7. The summed E-state index contributed by atoms with van der Waals surface area (Å²) in [5.41, 5.74) is 3.45. The molecule has 0 unspecified atom stereocenters. The van der Waals surface area contributed by atoms with Gasteiger partial charge >= 0.3 is 0 Å². The van der Waals surface area contributed by atoms with E-state index in [2.05, 4.69) is 53.7 Å². The number of aromatic nitrogens is 1. The third-order valence-corrected chi connectivity index (χ3v) is 3.41. The van der Waals surface area contributed by atoms with Crippen molar-refractivity contribution in [3.63, 3.8) is 0 Å². The lowest BCUT2D eigenvalue weighted by atomic mass is 10.1. The molecule has 1 aromatic carbocycles. The first-order valence-electron chi connectivity index (χ1n) is 7.74. The molecule has 0 saturated heterocycles. The number of rotatable bonds is 6. The van der Waals surface area contributed by atoms with Gasteiger partial charge in [-0.05, 0) is 31.4 Å². The summed E-state index contributed by atoms with van der Waals surface area (Å²) in [4.78, 5) is 4.62. The van der Waals surface area contributed by atoms with Crippen molar-refractivity contribution in [2.75, 3.05) is 6.54 Å². The van der Waals surface area contributed by atoms with E-state index in [1.54, 1.807) is 0 Å². The highest BCUT2D eigenvalue weighted by Crippen LogP contribution is 2.08. The van der Waals surface area contributed by atoms with Crippen molar-refractivity contribution in [2.45, 2.75) is 40.3 Å². The molecule has 0 atom stereocenters. The topological polar surface area (TPSA) is 62.5 Å². The molecule has 0 aliphatic heterocycles. The highest BCUT2D eigenvalue weighted by molar-refractivity contribution is 5.79. The molecular weight excluding hydrogens is 276 g/mol. The SMILES string of the molecule is CCNC(=NCc1ccccc1C)NCc1cc(CC)no1. The minimum Gasteiger partial charge on any atom is -0.359 e. The highest BCUT2D eigenvalue weighted by Gasteiger charge is 2.04. The molecule has 0 radical (unpaired) electrons. The van der Waals surface area contributed by atoms with Crippen molar-refractivity contribution in [2.24, 2.45) is 4.99 Å². The average molecular weight is 300 g/mol. The summed E-state index contributed by atoms with van der Waals surface area (Å²) >= 11 is 0. The Bertz CT molecular complexity index is 619. The predicted molar refractivity (Wildman–Crippen MR) is 88.7 cm³/mol. The lowest BCUT2D eigenvalue weighted by Gasteiger charge is -2.10. The number of aliphatic imine (C=N–C) groups is 1. The van der Waals surface area contributed by atoms with E-state index in [-0.39, 0.29) is 0 Å². The van der Waals surface area contributed by atoms with Gasteiger partial charge in [-0.1, -0.05) is 36.3 Å². The molecule has 0 bridgehead atoms. The zero-order valence-electron chi connectivity index (χ0n) is 13.5. The second-order valence-electron chi connectivity index (χ2n) is 5.11. The van der Waals surface area contributed by atoms with Gasteiger partial charge in [0.15, 0.2) is 11.7 Å². The Morgan fingerprint density at radius 3 is 2.73 bits per heavy atom. The Labute approximate surface area is 131 Å². The van der Waals surface area contributed by atoms with Gasteiger partial charge in [0.2, 0.25) is 0 Å². The van der Waals surface area contributed by atoms with Crippen LogP contribution < -0.4 is 10.6 Å². The number of hydrogen-bond donors (Lipinski definition) is 2. The third-order valence-electron chi connectivity index (χ3n) is 3.41. The predicted octanol–water partition coefficient (Wildman–Crippen LogP) is 2.80. The maximum Gasteiger partial charge on any atom is 0.191 e. The van der Waals surface area contributed by atoms with Crippen molar-refractivity contribution in [1.29, 1.82) is 0 Å². The van der Waals surface area contributed by atoms with Crippen molar-refractivity contribution >= 4 is 5.96 Å². The Balaban J connectivity index is 1.96. The second kappa shape index (κ2) is 8.22. The van der Waals surface area contributed by atoms with Gasteiger partial charge in [0.05, 0.1) is 18.8 Å². The lowest BCUT2D eigenvalue weighted by Crippen LogP contribution is -2.36. The molecule has 0 saturated carbocycles. The molecule has 1 aromatic heterocycles. The standard InChI is InChI=1S/C17H24N4O/c1-4-15-10-16(22-21-15)12-20-17(18-5-2)19-11-14-9-7-6-8-13(14)3/h6-10H,4-5,11-12H2,1-3H3,(H2,18,19,20). The summed E-state index contributed by atoms with van der Waals surface area (Å²) < 4.78 is 5.27. The molecule has 0 aliphatic rings. The first kappa shape index (κ1) is 16.1. The van der Waals surface area contributed by atoms with E-state index in [1.807, 2.05) is 18.2 Å². The Hall–Kier alpha value is -2.30. The van der Waals surface area contributed by atoms with Gasteiger partial charge in [-0.2, -0.15) is 0 Å². The van der Waals surface area contributed by atoms with Crippen LogP contribution >= 0.6 is 0 Å². The van der Waals surface area contributed by atoms with Crippen LogP contribution in [0.5, 0.6) is 0 Å². The Morgan fingerprint density at radius 2 is 2.05 bits per heavy atom. The molecule has 5 nitrogen and oxygen atoms in total. The summed E-state index contributed by atoms with van der Waals surface area (Å²) in [6, 6.07) is 10.3. The quantitative estimate of drug-likeness (QED) is 0.636. The van der Waals surface area contributed by atoms with E-state index >= 15 is 0 Å². The smallest absolute Gasteiger partial charge is 0.191 e. The fourth-order valence-corrected chi connectivity index (χ4v) is 2.07. The van der Waals surface area contributed by atoms with Gasteiger partial charge in [0, 0.05) is 12.6 Å². The van der Waals surface area contributed by atoms with Gasteiger partial charge in [-0.3, -0.25) is 0 Å². The molecule has 1 heterocycles. The number of nitrogens with one attached hydrogen (secondary N) is 2. The van der Waals surface area contributed by atoms with Crippen LogP contribution in [-0.4, -0.2) is 17.7 Å². The van der Waals surface area contributed by atoms with E-state index in [0.717, 1.165) is 30.4 Å². The maximum atomic E-state index is 5.27. The van der Waals surface area contributed by atoms with Gasteiger partial charge in [-0.25, -0.2) is 4.99 Å². The van der Waals surface area contributed by atoms with Crippen molar-refractivity contribution < 1.29 is 4.52 Å². The van der Waals surface area contributed by atoms with Gasteiger partial charge in [0.1, 0.15) is 0 Å². The van der Waals surface area contributed by atoms with E-state index in [0.29, 0.717) is 13.1 Å². The van der Waals surface area contributed by atoms with Crippen LogP contribution in [-0.2, 0) is 19.5 Å². The van der Waals surface area contributed by atoms with Crippen LogP contribution in [0.25, 0.3) is 0 Å². The summed E-state index contributed by atoms with van der Waals surface area (Å²) in [6.07, 6.45) is 0.880. The number of nitrogens with zero attached hydrogens (tertiary/aromatic N) is 2. The van der Waals surface area contributed by atoms with Crippen molar-refractivity contribution in [3.8, 4) is 0 Å². The number of guanidine groups is 1. The van der Waals surface area contributed by atoms with Crippen LogP contribution in [0, 0.1) is 6.92 Å². The van der Waals surface area contributed by atoms with Crippen LogP contribution in [0.1, 0.15) is 36.4 Å². The molecule has 2 N–H and O–H groups in total. The normalized spacial score (nSPS) is 11.5. The van der Waals surface area contributed by atoms with Gasteiger partial charge in [0.25, 0.3) is 0 Å². The summed E-state index contributed by atoms with van der Waals surface area (Å²) in [5.74, 6) is 1.60. The van der Waals surface area contributed by atoms with E-state index in [9.17, 15) is 0 Å². The van der Waals surface area contributed by atoms with Crippen LogP contribution in [0.4, 0.5) is 0 Å². The number of aryl methyl sites for hydroxylation is 2. The zero-order valence-corrected chi connectivity index (χ0v) is 13.5. The molecule has 2 rings (SSSR count). The molecule has 5 heteroatoms. The second-order valence-corrected chi connectivity index (χ2v) is 5.11. The number of benzene rings is 1. The van der Waals surface area contributed by atoms with E-state index in [4.69, 9.17) is 4.52 Å². The minimum absolute atomic E-state index is 0.576. The Morgan fingerprint density at radius 1 is 1.23 bits per heavy atom. The van der Waals surface area contributed by atoms with Crippen LogP contribution in [0.2, 0.25) is 0 Å². The summed E-state index contributed by atoms with van der Waals surface area (Å²) in [7, 11) is 0. The van der Waals surface area contributed by atoms with Crippen LogP contribution in [0.15, 0.2) is 39.8 Å². The molecule has 0 fully saturated rings. The summed E-state index contributed by atoms with van der Waals surface area (Å²) in [6.45, 7) is 8.25. The highest BCUT2D eigenvalue weighted by atomic mass is 16.5. The molecule has 2 aromatic rings. The lowest BCUT2D eigenvalue weighted by molar-refractivity contribution is 0.374. The van der Waals surface area contributed by atoms with E-state index in [1.165, 1.54) is 11.1 Å². The molecule has 0 spiro atoms. The number of hydrogen-bond acceptors (Lipinski definition) is 3. The van der Waals surface area contributed by atoms with E-state index < -0.39 is 0 Å². The monoisotopic (exact) mass is 300 g/mol. The molecular formula is C17H24N4O. The van der Waals surface area contributed by atoms with Crippen molar-refractivity contribution in [1.82, 2.24) is 15.8 Å². The average Bonchev–Trinajstić information content (AvgIpc) is 2.99. The van der Waals surface area contributed by atoms with Crippen LogP contribution in [0.3, 0.4) is 0 Å². The zero-order chi connectivity index (χ0) is 15.8. The summed E-state index contributed by atoms with van der Waals surface area (Å²) in [5, 5.41) is 10.5. The molecule has 0 amide bonds. The maximum absolute atomic E-state index is 5.27. The first-order valence-corrected chi connectivity index (χ1v) is 7.74.